The van der Waals surface area contributed by atoms with Crippen LogP contribution in [0, 0.1) is 11.7 Å². The van der Waals surface area contributed by atoms with Gasteiger partial charge >= 0.3 is 6.55 Å². The van der Waals surface area contributed by atoms with Crippen LogP contribution in [0.5, 0.6) is 0 Å². The molecule has 0 radical (unpaired) electrons. The van der Waals surface area contributed by atoms with Crippen LogP contribution in [0.2, 0.25) is 5.02 Å². The molecule has 1 saturated carbocycles. The molecule has 0 bridgehead atoms. The van der Waals surface area contributed by atoms with Crippen LogP contribution in [0.3, 0.4) is 0 Å². The summed E-state index contributed by atoms with van der Waals surface area (Å²) in [6.07, 6.45) is 8.07. The van der Waals surface area contributed by atoms with Crippen molar-refractivity contribution in [3.63, 3.8) is 0 Å². The molecule has 3 atom stereocenters. The zero-order valence-corrected chi connectivity index (χ0v) is 19.0. The molecule has 2 aromatic rings. The highest BCUT2D eigenvalue weighted by Gasteiger charge is 2.47. The van der Waals surface area contributed by atoms with E-state index >= 15 is 0 Å². The summed E-state index contributed by atoms with van der Waals surface area (Å²) in [4.78, 5) is 15.0. The van der Waals surface area contributed by atoms with Crippen LogP contribution in [-0.2, 0) is 0 Å². The van der Waals surface area contributed by atoms with Crippen LogP contribution < -0.4 is 5.73 Å². The lowest BCUT2D eigenvalue weighted by Crippen LogP contribution is -2.39. The highest BCUT2D eigenvalue weighted by molar-refractivity contribution is 7.11. The summed E-state index contributed by atoms with van der Waals surface area (Å²) in [5.74, 6) is 0.683. The molecule has 1 aromatic heterocycles. The van der Waals surface area contributed by atoms with Crippen molar-refractivity contribution in [1.29, 1.82) is 0 Å². The van der Waals surface area contributed by atoms with Gasteiger partial charge in [-0.05, 0) is 42.9 Å². The second kappa shape index (κ2) is 8.95. The minimum atomic E-state index is -2.87. The Morgan fingerprint density at radius 3 is 2.88 bits per heavy atom. The van der Waals surface area contributed by atoms with E-state index in [4.69, 9.17) is 22.3 Å². The van der Waals surface area contributed by atoms with Gasteiger partial charge < -0.3 is 10.6 Å². The van der Waals surface area contributed by atoms with Crippen LogP contribution >= 0.6 is 22.9 Å². The molecule has 10 heteroatoms. The van der Waals surface area contributed by atoms with Crippen LogP contribution in [0.4, 0.5) is 13.2 Å². The summed E-state index contributed by atoms with van der Waals surface area (Å²) in [5.41, 5.74) is 8.47. The average molecular weight is 492 g/mol. The number of amidine groups is 1. The molecular formula is C23H21ClF3N5S. The number of aromatic nitrogens is 1. The van der Waals surface area contributed by atoms with Crippen molar-refractivity contribution in [1.82, 2.24) is 9.88 Å². The van der Waals surface area contributed by atoms with E-state index < -0.39 is 18.4 Å². The van der Waals surface area contributed by atoms with E-state index in [1.165, 1.54) is 29.7 Å². The number of aliphatic imine (C=N–C) groups is 2. The van der Waals surface area contributed by atoms with Crippen molar-refractivity contribution in [2.75, 3.05) is 0 Å². The van der Waals surface area contributed by atoms with Crippen LogP contribution in [0.15, 0.2) is 62.8 Å². The number of nitrogens with two attached hydrogens (primary N) is 1. The number of halogens is 4. The minimum absolute atomic E-state index is 0.203. The first kappa shape index (κ1) is 22.2. The van der Waals surface area contributed by atoms with Gasteiger partial charge in [-0.2, -0.15) is 8.78 Å². The lowest BCUT2D eigenvalue weighted by molar-refractivity contribution is 0.160. The summed E-state index contributed by atoms with van der Waals surface area (Å²) < 4.78 is 39.7. The first-order valence-corrected chi connectivity index (χ1v) is 11.9. The fourth-order valence-electron chi connectivity index (χ4n) is 5.18. The SMILES string of the molecule is NC=C(C=NC(F)F)C1=C2CC3CCCC3N2C(c2nccs2)=N[C@H]1c1ccc(F)cc1Cl. The highest BCUT2D eigenvalue weighted by atomic mass is 35.5. The van der Waals surface area contributed by atoms with Crippen molar-refractivity contribution in [3.05, 3.63) is 74.2 Å². The number of fused-ring (bicyclic) bond motifs is 3. The molecule has 5 rings (SSSR count). The molecular weight excluding hydrogens is 471 g/mol. The van der Waals surface area contributed by atoms with Gasteiger partial charge in [0, 0.05) is 51.9 Å². The molecule has 3 heterocycles. The van der Waals surface area contributed by atoms with Crippen molar-refractivity contribution >= 4 is 35.0 Å². The maximum Gasteiger partial charge on any atom is 0.331 e. The van der Waals surface area contributed by atoms with Gasteiger partial charge in [-0.25, -0.2) is 14.4 Å². The molecule has 2 fully saturated rings. The molecule has 5 nitrogen and oxygen atoms in total. The number of nitrogens with zero attached hydrogens (tertiary/aromatic N) is 4. The minimum Gasteiger partial charge on any atom is -0.404 e. The van der Waals surface area contributed by atoms with E-state index in [-0.39, 0.29) is 11.1 Å². The van der Waals surface area contributed by atoms with Gasteiger partial charge in [-0.1, -0.05) is 24.1 Å². The summed E-state index contributed by atoms with van der Waals surface area (Å²) in [6, 6.07) is 3.72. The molecule has 0 amide bonds. The van der Waals surface area contributed by atoms with E-state index in [1.54, 1.807) is 12.3 Å². The van der Waals surface area contributed by atoms with Gasteiger partial charge in [0.25, 0.3) is 0 Å². The summed E-state index contributed by atoms with van der Waals surface area (Å²) in [5, 5.41) is 2.86. The second-order valence-corrected chi connectivity index (χ2v) is 9.53. The summed E-state index contributed by atoms with van der Waals surface area (Å²) >= 11 is 7.93. The topological polar surface area (TPSA) is 66.9 Å². The fraction of sp³-hybridized carbons (Fsp3) is 0.348. The molecule has 1 saturated heterocycles. The van der Waals surface area contributed by atoms with Crippen molar-refractivity contribution in [3.8, 4) is 0 Å². The quantitative estimate of drug-likeness (QED) is 0.431. The molecule has 1 aliphatic carbocycles. The Kier molecular flexibility index (Phi) is 6.01. The molecule has 3 aliphatic rings. The second-order valence-electron chi connectivity index (χ2n) is 8.23. The van der Waals surface area contributed by atoms with Gasteiger partial charge in [0.2, 0.25) is 0 Å². The molecule has 2 aliphatic heterocycles. The standard InChI is InChI=1S/C23H21ClF3N5S/c24-16-9-14(25)4-5-15(16)20-19(13(10-28)11-30-23(26)27)18-8-12-2-1-3-17(12)32(18)21(31-20)22-29-6-7-33-22/h4-7,9-12,17,20,23H,1-3,8,28H2/t12?,17?,20-/m0/s1. The van der Waals surface area contributed by atoms with E-state index in [0.29, 0.717) is 22.6 Å². The van der Waals surface area contributed by atoms with E-state index in [0.717, 1.165) is 48.4 Å². The van der Waals surface area contributed by atoms with E-state index in [9.17, 15) is 13.2 Å². The molecule has 1 aromatic carbocycles. The van der Waals surface area contributed by atoms with Crippen LogP contribution in [0.1, 0.15) is 42.3 Å². The van der Waals surface area contributed by atoms with Crippen molar-refractivity contribution < 1.29 is 13.2 Å². The summed E-state index contributed by atoms with van der Waals surface area (Å²) in [6.45, 7) is -2.87. The van der Waals surface area contributed by atoms with Gasteiger partial charge in [0.1, 0.15) is 11.9 Å². The van der Waals surface area contributed by atoms with Gasteiger partial charge in [0.05, 0.1) is 0 Å². The predicted molar refractivity (Wildman–Crippen MR) is 124 cm³/mol. The zero-order valence-electron chi connectivity index (χ0n) is 17.5. The molecule has 33 heavy (non-hydrogen) atoms. The maximum absolute atomic E-state index is 13.8. The fourth-order valence-corrected chi connectivity index (χ4v) is 6.08. The Labute approximate surface area is 198 Å². The number of benzene rings is 1. The molecule has 172 valence electrons. The first-order chi connectivity index (χ1) is 16.0. The monoisotopic (exact) mass is 491 g/mol. The Morgan fingerprint density at radius 1 is 1.33 bits per heavy atom. The third-order valence-corrected chi connectivity index (χ3v) is 7.55. The average Bonchev–Trinajstić information content (AvgIpc) is 3.52. The number of hydrogen-bond acceptors (Lipinski definition) is 6. The van der Waals surface area contributed by atoms with E-state index in [1.807, 2.05) is 5.38 Å². The number of rotatable bonds is 5. The van der Waals surface area contributed by atoms with Crippen molar-refractivity contribution in [2.24, 2.45) is 21.6 Å². The molecule has 0 spiro atoms. The summed E-state index contributed by atoms with van der Waals surface area (Å²) in [7, 11) is 0. The highest BCUT2D eigenvalue weighted by Crippen LogP contribution is 2.51. The smallest absolute Gasteiger partial charge is 0.331 e. The first-order valence-electron chi connectivity index (χ1n) is 10.7. The lowest BCUT2D eigenvalue weighted by Gasteiger charge is -2.36. The number of thiazole rings is 1. The van der Waals surface area contributed by atoms with E-state index in [2.05, 4.69) is 14.9 Å². The maximum atomic E-state index is 13.8. The number of allylic oxidation sites excluding steroid dienone is 1. The van der Waals surface area contributed by atoms with Crippen LogP contribution in [0.25, 0.3) is 0 Å². The Bertz CT molecular complexity index is 1170. The normalized spacial score (nSPS) is 25.2. The van der Waals surface area contributed by atoms with Crippen molar-refractivity contribution in [2.45, 2.75) is 44.3 Å². The Balaban J connectivity index is 1.74. The predicted octanol–water partition coefficient (Wildman–Crippen LogP) is 5.70. The lowest BCUT2D eigenvalue weighted by atomic mass is 9.89. The van der Waals surface area contributed by atoms with Gasteiger partial charge in [0.15, 0.2) is 10.8 Å². The van der Waals surface area contributed by atoms with Gasteiger partial charge in [-0.15, -0.1) is 11.3 Å². The molecule has 2 N–H and O–H groups in total. The zero-order chi connectivity index (χ0) is 23.1. The van der Waals surface area contributed by atoms with Crippen LogP contribution in [-0.4, -0.2) is 34.5 Å². The largest absolute Gasteiger partial charge is 0.404 e. The third kappa shape index (κ3) is 3.97. The number of hydrogen-bond donors (Lipinski definition) is 1. The third-order valence-electron chi connectivity index (χ3n) is 6.46. The molecule has 2 unspecified atom stereocenters. The van der Waals surface area contributed by atoms with Gasteiger partial charge in [-0.3, -0.25) is 4.99 Å². The Morgan fingerprint density at radius 2 is 2.18 bits per heavy atom. The number of alkyl halides is 2. The Hall–Kier alpha value is -2.65.